The third-order valence-electron chi connectivity index (χ3n) is 4.67. The average molecular weight is 495 g/mol. The highest BCUT2D eigenvalue weighted by atomic mass is 35.5. The van der Waals surface area contributed by atoms with Crippen molar-refractivity contribution in [3.8, 4) is 0 Å². The summed E-state index contributed by atoms with van der Waals surface area (Å²) in [7, 11) is 0. The zero-order valence-corrected chi connectivity index (χ0v) is 19.0. The number of pyridine rings is 1. The van der Waals surface area contributed by atoms with Gasteiger partial charge in [0.2, 0.25) is 11.8 Å². The summed E-state index contributed by atoms with van der Waals surface area (Å²) in [6, 6.07) is 10.2. The SMILES string of the molecule is CC(=O)N(C1=NN(C(C)=O)C(c2cc3cccc(Cl)c3nc2Cl)S1)c1c(F)cccc1F. The van der Waals surface area contributed by atoms with Crippen LogP contribution in [0.4, 0.5) is 14.5 Å². The van der Waals surface area contributed by atoms with Gasteiger partial charge in [0, 0.05) is 24.8 Å². The Bertz CT molecular complexity index is 1280. The number of thioether (sulfide) groups is 1. The third-order valence-corrected chi connectivity index (χ3v) is 6.43. The molecule has 164 valence electrons. The number of anilines is 1. The van der Waals surface area contributed by atoms with E-state index in [4.69, 9.17) is 23.2 Å². The molecule has 4 rings (SSSR count). The van der Waals surface area contributed by atoms with E-state index in [1.807, 2.05) is 0 Å². The molecule has 0 saturated carbocycles. The van der Waals surface area contributed by atoms with Crippen LogP contribution in [0, 0.1) is 11.6 Å². The van der Waals surface area contributed by atoms with Crippen LogP contribution in [0.3, 0.4) is 0 Å². The van der Waals surface area contributed by atoms with Gasteiger partial charge in [-0.05, 0) is 24.3 Å². The largest absolute Gasteiger partial charge is 0.274 e. The van der Waals surface area contributed by atoms with Gasteiger partial charge in [-0.15, -0.1) is 5.10 Å². The van der Waals surface area contributed by atoms with Crippen LogP contribution in [0.1, 0.15) is 24.8 Å². The number of hydrogen-bond donors (Lipinski definition) is 0. The standard InChI is InChI=1S/C21H14Cl2F2N4O2S/c1-10(30)28(18-15(24)7-4-8-16(18)25)21-27-29(11(2)31)20(32-21)13-9-12-5-3-6-14(22)17(12)26-19(13)23/h3-9,20H,1-2H3. The van der Waals surface area contributed by atoms with Gasteiger partial charge in [0.1, 0.15) is 27.8 Å². The van der Waals surface area contributed by atoms with Gasteiger partial charge in [0.05, 0.1) is 10.5 Å². The fourth-order valence-corrected chi connectivity index (χ4v) is 5.06. The highest BCUT2D eigenvalue weighted by Crippen LogP contribution is 2.45. The van der Waals surface area contributed by atoms with Crippen LogP contribution in [-0.2, 0) is 9.59 Å². The Morgan fingerprint density at radius 2 is 1.75 bits per heavy atom. The molecule has 1 aromatic heterocycles. The average Bonchev–Trinajstić information content (AvgIpc) is 3.15. The Labute approximate surface area is 195 Å². The molecular weight excluding hydrogens is 481 g/mol. The molecule has 0 spiro atoms. The van der Waals surface area contributed by atoms with Gasteiger partial charge in [0.25, 0.3) is 0 Å². The van der Waals surface area contributed by atoms with E-state index in [9.17, 15) is 18.4 Å². The lowest BCUT2D eigenvalue weighted by atomic mass is 10.1. The van der Waals surface area contributed by atoms with Crippen LogP contribution in [0.5, 0.6) is 0 Å². The molecular formula is C21H14Cl2F2N4O2S. The molecule has 0 saturated heterocycles. The molecule has 1 aliphatic heterocycles. The Hall–Kier alpha value is -2.75. The minimum atomic E-state index is -0.943. The first-order valence-electron chi connectivity index (χ1n) is 9.23. The quantitative estimate of drug-likeness (QED) is 0.426. The number of carbonyl (C=O) groups excluding carboxylic acids is 2. The minimum absolute atomic E-state index is 0.0797. The first-order valence-corrected chi connectivity index (χ1v) is 10.9. The number of benzene rings is 2. The lowest BCUT2D eigenvalue weighted by Crippen LogP contribution is -2.34. The van der Waals surface area contributed by atoms with Gasteiger partial charge in [-0.1, -0.05) is 53.2 Å². The summed E-state index contributed by atoms with van der Waals surface area (Å²) >= 11 is 13.5. The maximum atomic E-state index is 14.4. The van der Waals surface area contributed by atoms with Crippen molar-refractivity contribution in [2.75, 3.05) is 4.90 Å². The second-order valence-corrected chi connectivity index (χ2v) is 8.63. The Morgan fingerprint density at radius 3 is 2.38 bits per heavy atom. The van der Waals surface area contributed by atoms with Gasteiger partial charge < -0.3 is 0 Å². The molecule has 0 fully saturated rings. The Morgan fingerprint density at radius 1 is 1.09 bits per heavy atom. The van der Waals surface area contributed by atoms with Crippen LogP contribution in [0.25, 0.3) is 10.9 Å². The lowest BCUT2D eigenvalue weighted by molar-refractivity contribution is -0.129. The van der Waals surface area contributed by atoms with Crippen molar-refractivity contribution in [2.45, 2.75) is 19.2 Å². The topological polar surface area (TPSA) is 65.9 Å². The number of amidine groups is 1. The molecule has 2 heterocycles. The van der Waals surface area contributed by atoms with Crippen molar-refractivity contribution in [3.63, 3.8) is 0 Å². The van der Waals surface area contributed by atoms with E-state index < -0.39 is 34.5 Å². The van der Waals surface area contributed by atoms with Crippen LogP contribution < -0.4 is 4.90 Å². The lowest BCUT2D eigenvalue weighted by Gasteiger charge is -2.22. The zero-order chi connectivity index (χ0) is 23.2. The molecule has 0 N–H and O–H groups in total. The van der Waals surface area contributed by atoms with Crippen LogP contribution in [0.15, 0.2) is 47.6 Å². The second kappa shape index (κ2) is 8.65. The maximum absolute atomic E-state index is 14.4. The van der Waals surface area contributed by atoms with E-state index in [1.165, 1.54) is 13.0 Å². The molecule has 1 atom stereocenters. The van der Waals surface area contributed by atoms with Crippen molar-refractivity contribution in [1.29, 1.82) is 0 Å². The van der Waals surface area contributed by atoms with Crippen molar-refractivity contribution in [2.24, 2.45) is 5.10 Å². The molecule has 1 unspecified atom stereocenters. The second-order valence-electron chi connectivity index (χ2n) is 6.82. The number of rotatable bonds is 2. The first-order chi connectivity index (χ1) is 15.2. The predicted octanol–water partition coefficient (Wildman–Crippen LogP) is 5.74. The molecule has 32 heavy (non-hydrogen) atoms. The predicted molar refractivity (Wildman–Crippen MR) is 122 cm³/mol. The van der Waals surface area contributed by atoms with Gasteiger partial charge in [-0.2, -0.15) is 0 Å². The number of aromatic nitrogens is 1. The first kappa shape index (κ1) is 22.4. The molecule has 0 aliphatic carbocycles. The molecule has 0 radical (unpaired) electrons. The molecule has 2 amide bonds. The fourth-order valence-electron chi connectivity index (χ4n) is 3.27. The number of para-hydroxylation sites is 2. The van der Waals surface area contributed by atoms with Crippen molar-refractivity contribution < 1.29 is 18.4 Å². The zero-order valence-electron chi connectivity index (χ0n) is 16.6. The number of nitrogens with zero attached hydrogens (tertiary/aromatic N) is 4. The molecule has 11 heteroatoms. The highest BCUT2D eigenvalue weighted by molar-refractivity contribution is 8.14. The normalized spacial score (nSPS) is 15.8. The van der Waals surface area contributed by atoms with Gasteiger partial charge >= 0.3 is 0 Å². The summed E-state index contributed by atoms with van der Waals surface area (Å²) in [5.74, 6) is -3.03. The summed E-state index contributed by atoms with van der Waals surface area (Å²) in [5, 5.41) is 5.55. The van der Waals surface area contributed by atoms with Crippen LogP contribution in [-0.4, -0.2) is 27.0 Å². The Kier molecular flexibility index (Phi) is 6.07. The monoisotopic (exact) mass is 494 g/mol. The summed E-state index contributed by atoms with van der Waals surface area (Å²) < 4.78 is 28.9. The molecule has 6 nitrogen and oxygen atoms in total. The molecule has 2 aromatic carbocycles. The minimum Gasteiger partial charge on any atom is -0.274 e. The van der Waals surface area contributed by atoms with Crippen molar-refractivity contribution >= 4 is 68.5 Å². The van der Waals surface area contributed by atoms with E-state index in [-0.39, 0.29) is 10.3 Å². The highest BCUT2D eigenvalue weighted by Gasteiger charge is 2.39. The fraction of sp³-hybridized carbons (Fsp3) is 0.143. The third kappa shape index (κ3) is 3.92. The van der Waals surface area contributed by atoms with Crippen LogP contribution in [0.2, 0.25) is 10.2 Å². The molecule has 1 aliphatic rings. The van der Waals surface area contributed by atoms with E-state index in [0.29, 0.717) is 21.5 Å². The molecule has 3 aromatic rings. The number of hydrogen-bond acceptors (Lipinski definition) is 5. The summed E-state index contributed by atoms with van der Waals surface area (Å²) in [5.41, 5.74) is 0.336. The number of hydrazone groups is 1. The van der Waals surface area contributed by atoms with Gasteiger partial charge in [-0.3, -0.25) is 14.5 Å². The molecule has 0 bridgehead atoms. The number of amides is 2. The smallest absolute Gasteiger partial charge is 0.241 e. The van der Waals surface area contributed by atoms with E-state index in [1.54, 1.807) is 24.3 Å². The number of carbonyl (C=O) groups is 2. The Balaban J connectivity index is 1.81. The van der Waals surface area contributed by atoms with Crippen molar-refractivity contribution in [3.05, 3.63) is 69.8 Å². The summed E-state index contributed by atoms with van der Waals surface area (Å²) in [4.78, 5) is 29.8. The van der Waals surface area contributed by atoms with E-state index in [2.05, 4.69) is 10.1 Å². The van der Waals surface area contributed by atoms with Gasteiger partial charge in [-0.25, -0.2) is 18.8 Å². The van der Waals surface area contributed by atoms with Crippen LogP contribution >= 0.6 is 35.0 Å². The summed E-state index contributed by atoms with van der Waals surface area (Å²) in [6.45, 7) is 2.42. The summed E-state index contributed by atoms with van der Waals surface area (Å²) in [6.07, 6.45) is 0. The number of fused-ring (bicyclic) bond motifs is 1. The van der Waals surface area contributed by atoms with E-state index in [0.717, 1.165) is 40.7 Å². The van der Waals surface area contributed by atoms with E-state index >= 15 is 0 Å². The van der Waals surface area contributed by atoms with Crippen molar-refractivity contribution in [1.82, 2.24) is 9.99 Å². The maximum Gasteiger partial charge on any atom is 0.241 e. The number of halogens is 4. The van der Waals surface area contributed by atoms with Gasteiger partial charge in [0.15, 0.2) is 5.17 Å².